The van der Waals surface area contributed by atoms with Crippen molar-refractivity contribution in [3.8, 4) is 0 Å². The van der Waals surface area contributed by atoms with E-state index in [-0.39, 0.29) is 0 Å². The summed E-state index contributed by atoms with van der Waals surface area (Å²) in [7, 11) is -3.28. The monoisotopic (exact) mass is 297 g/mol. The second-order valence-electron chi connectivity index (χ2n) is 4.38. The molecule has 0 aromatic rings. The van der Waals surface area contributed by atoms with Gasteiger partial charge >= 0.3 is 0 Å². The molecule has 1 aliphatic rings. The lowest BCUT2D eigenvalue weighted by atomic mass is 10.4. The summed E-state index contributed by atoms with van der Waals surface area (Å²) in [5.41, 5.74) is 0. The summed E-state index contributed by atoms with van der Waals surface area (Å²) >= 11 is 5.73. The Labute approximate surface area is 116 Å². The largest absolute Gasteiger partial charge is 0.301 e. The highest BCUT2D eigenvalue weighted by Gasteiger charge is 2.29. The first-order valence-electron chi connectivity index (χ1n) is 6.59. The first-order valence-corrected chi connectivity index (χ1v) is 8.53. The van der Waals surface area contributed by atoms with Crippen LogP contribution in [-0.4, -0.2) is 73.6 Å². The van der Waals surface area contributed by atoms with Gasteiger partial charge in [0.2, 0.25) is 0 Å². The van der Waals surface area contributed by atoms with Crippen molar-refractivity contribution in [1.29, 1.82) is 0 Å². The van der Waals surface area contributed by atoms with Crippen LogP contribution in [0.5, 0.6) is 0 Å². The molecule has 1 heterocycles. The maximum Gasteiger partial charge on any atom is 0.281 e. The zero-order valence-electron chi connectivity index (χ0n) is 11.3. The van der Waals surface area contributed by atoms with Crippen LogP contribution in [0.25, 0.3) is 0 Å². The van der Waals surface area contributed by atoms with Crippen LogP contribution in [0.4, 0.5) is 0 Å². The second-order valence-corrected chi connectivity index (χ2v) is 6.68. The number of rotatable bonds is 6. The highest BCUT2D eigenvalue weighted by Crippen LogP contribution is 2.12. The lowest BCUT2D eigenvalue weighted by Gasteiger charge is -2.27. The molecule has 0 bridgehead atoms. The zero-order chi connectivity index (χ0) is 13.6. The Morgan fingerprint density at radius 3 is 2.33 bits per heavy atom. The summed E-state index contributed by atoms with van der Waals surface area (Å²) < 4.78 is 27.9. The molecule has 1 saturated heterocycles. The van der Waals surface area contributed by atoms with Gasteiger partial charge in [0.05, 0.1) is 0 Å². The maximum atomic E-state index is 12.4. The van der Waals surface area contributed by atoms with Crippen molar-refractivity contribution in [1.82, 2.24) is 13.5 Å². The van der Waals surface area contributed by atoms with E-state index in [1.165, 1.54) is 4.31 Å². The van der Waals surface area contributed by atoms with Crippen molar-refractivity contribution in [3.63, 3.8) is 0 Å². The molecule has 18 heavy (non-hydrogen) atoms. The van der Waals surface area contributed by atoms with E-state index in [0.717, 1.165) is 26.1 Å². The average molecular weight is 298 g/mol. The smallest absolute Gasteiger partial charge is 0.281 e. The van der Waals surface area contributed by atoms with E-state index < -0.39 is 10.2 Å². The van der Waals surface area contributed by atoms with E-state index in [9.17, 15) is 8.42 Å². The summed E-state index contributed by atoms with van der Waals surface area (Å²) in [4.78, 5) is 2.23. The molecule has 1 rings (SSSR count). The van der Waals surface area contributed by atoms with Crippen molar-refractivity contribution in [2.75, 3.05) is 51.7 Å². The molecule has 5 nitrogen and oxygen atoms in total. The Morgan fingerprint density at radius 2 is 1.78 bits per heavy atom. The minimum absolute atomic E-state index is 0.528. The molecule has 0 spiro atoms. The Hall–Kier alpha value is 0.120. The van der Waals surface area contributed by atoms with Crippen LogP contribution in [0.1, 0.15) is 20.3 Å². The van der Waals surface area contributed by atoms with Crippen molar-refractivity contribution in [2.45, 2.75) is 20.3 Å². The maximum absolute atomic E-state index is 12.4. The summed E-state index contributed by atoms with van der Waals surface area (Å²) in [5, 5.41) is 0. The Morgan fingerprint density at radius 1 is 1.11 bits per heavy atom. The molecule has 0 atom stereocenters. The molecule has 0 unspecified atom stereocenters. The zero-order valence-corrected chi connectivity index (χ0v) is 12.9. The first kappa shape index (κ1) is 16.2. The van der Waals surface area contributed by atoms with Gasteiger partial charge in [-0.25, -0.2) is 0 Å². The summed E-state index contributed by atoms with van der Waals surface area (Å²) in [6.45, 7) is 8.51. The molecule has 0 N–H and O–H groups in total. The van der Waals surface area contributed by atoms with Gasteiger partial charge in [0.1, 0.15) is 0 Å². The predicted molar refractivity (Wildman–Crippen MR) is 75.2 cm³/mol. The van der Waals surface area contributed by atoms with Crippen LogP contribution in [-0.2, 0) is 10.2 Å². The van der Waals surface area contributed by atoms with Crippen LogP contribution in [0.15, 0.2) is 0 Å². The minimum Gasteiger partial charge on any atom is -0.301 e. The van der Waals surface area contributed by atoms with Crippen molar-refractivity contribution in [3.05, 3.63) is 0 Å². The third kappa shape index (κ3) is 4.06. The lowest BCUT2D eigenvalue weighted by molar-refractivity contribution is 0.299. The summed E-state index contributed by atoms with van der Waals surface area (Å²) in [6.07, 6.45) is 0.872. The van der Waals surface area contributed by atoms with E-state index in [1.807, 2.05) is 13.8 Å². The third-order valence-corrected chi connectivity index (χ3v) is 5.66. The molecule has 0 aromatic heterocycles. The number of hydrogen-bond donors (Lipinski definition) is 0. The van der Waals surface area contributed by atoms with E-state index in [4.69, 9.17) is 11.6 Å². The van der Waals surface area contributed by atoms with Crippen molar-refractivity contribution < 1.29 is 8.42 Å². The molecule has 0 saturated carbocycles. The molecule has 0 amide bonds. The lowest BCUT2D eigenvalue weighted by Crippen LogP contribution is -2.45. The normalized spacial score (nSPS) is 20.2. The highest BCUT2D eigenvalue weighted by atomic mass is 35.5. The van der Waals surface area contributed by atoms with E-state index in [0.29, 0.717) is 32.1 Å². The number of alkyl halides is 1. The molecule has 0 radical (unpaired) electrons. The molecular weight excluding hydrogens is 274 g/mol. The molecule has 0 aromatic carbocycles. The number of hydrogen-bond acceptors (Lipinski definition) is 3. The highest BCUT2D eigenvalue weighted by molar-refractivity contribution is 7.86. The number of nitrogens with zero attached hydrogens (tertiary/aromatic N) is 3. The molecule has 108 valence electrons. The van der Waals surface area contributed by atoms with Gasteiger partial charge in [0.25, 0.3) is 10.2 Å². The van der Waals surface area contributed by atoms with Crippen LogP contribution in [0.3, 0.4) is 0 Å². The Kier molecular flexibility index (Phi) is 6.87. The van der Waals surface area contributed by atoms with E-state index >= 15 is 0 Å². The van der Waals surface area contributed by atoms with Gasteiger partial charge in [-0.15, -0.1) is 11.6 Å². The quantitative estimate of drug-likeness (QED) is 0.682. The van der Waals surface area contributed by atoms with Gasteiger partial charge < -0.3 is 4.90 Å². The number of halogens is 1. The molecule has 1 aliphatic heterocycles. The first-order chi connectivity index (χ1) is 8.56. The van der Waals surface area contributed by atoms with Gasteiger partial charge in [-0.2, -0.15) is 17.0 Å². The Balaban J connectivity index is 2.67. The fraction of sp³-hybridized carbons (Fsp3) is 1.00. The minimum atomic E-state index is -3.28. The van der Waals surface area contributed by atoms with Gasteiger partial charge in [-0.3, -0.25) is 0 Å². The molecule has 1 fully saturated rings. The fourth-order valence-electron chi connectivity index (χ4n) is 2.23. The fourth-order valence-corrected chi connectivity index (χ4v) is 4.12. The Bertz CT molecular complexity index is 333. The molecule has 0 aliphatic carbocycles. The van der Waals surface area contributed by atoms with Crippen molar-refractivity contribution >= 4 is 21.8 Å². The SMILES string of the molecule is CCN(CC)S(=O)(=O)N1CCCN(CCCl)CC1. The average Bonchev–Trinajstić information content (AvgIpc) is 2.57. The van der Waals surface area contributed by atoms with E-state index in [1.54, 1.807) is 4.31 Å². The standard InChI is InChI=1S/C11H24ClN3O2S/c1-3-14(4-2)18(16,17)15-8-5-7-13(9-6-12)10-11-15/h3-11H2,1-2H3. The summed E-state index contributed by atoms with van der Waals surface area (Å²) in [5.74, 6) is 0.600. The third-order valence-electron chi connectivity index (χ3n) is 3.31. The predicted octanol–water partition coefficient (Wildman–Crippen LogP) is 0.819. The van der Waals surface area contributed by atoms with Gasteiger partial charge in [-0.05, 0) is 13.0 Å². The molecule has 7 heteroatoms. The van der Waals surface area contributed by atoms with Crippen LogP contribution in [0.2, 0.25) is 0 Å². The van der Waals surface area contributed by atoms with Crippen LogP contribution < -0.4 is 0 Å². The van der Waals surface area contributed by atoms with E-state index in [2.05, 4.69) is 4.90 Å². The van der Waals surface area contributed by atoms with Crippen molar-refractivity contribution in [2.24, 2.45) is 0 Å². The summed E-state index contributed by atoms with van der Waals surface area (Å²) in [6, 6.07) is 0. The van der Waals surface area contributed by atoms with Crippen LogP contribution >= 0.6 is 11.6 Å². The van der Waals surface area contributed by atoms with Crippen LogP contribution in [0, 0.1) is 0 Å². The topological polar surface area (TPSA) is 43.9 Å². The van der Waals surface area contributed by atoms with Gasteiger partial charge in [-0.1, -0.05) is 13.8 Å². The second kappa shape index (κ2) is 7.65. The molecular formula is C11H24ClN3O2S. The van der Waals surface area contributed by atoms with Gasteiger partial charge in [0, 0.05) is 45.1 Å². The van der Waals surface area contributed by atoms with Gasteiger partial charge in [0.15, 0.2) is 0 Å².